The first-order valence-electron chi connectivity index (χ1n) is 5.79. The van der Waals surface area contributed by atoms with Gasteiger partial charge in [-0.1, -0.05) is 30.3 Å². The molecule has 0 heterocycles. The Bertz CT molecular complexity index is 406. The highest BCUT2D eigenvalue weighted by molar-refractivity contribution is 5.82. The lowest BCUT2D eigenvalue weighted by Gasteiger charge is -2.21. The van der Waals surface area contributed by atoms with Gasteiger partial charge in [-0.3, -0.25) is 9.59 Å². The van der Waals surface area contributed by atoms with E-state index < -0.39 is 12.0 Å². The predicted molar refractivity (Wildman–Crippen MR) is 67.9 cm³/mol. The Hall–Kier alpha value is -1.88. The zero-order valence-electron chi connectivity index (χ0n) is 10.4. The van der Waals surface area contributed by atoms with Crippen molar-refractivity contribution in [1.29, 1.82) is 0 Å². The lowest BCUT2D eigenvalue weighted by molar-refractivity contribution is -0.138. The van der Waals surface area contributed by atoms with Gasteiger partial charge in [0.05, 0.1) is 0 Å². The molecule has 1 aromatic carbocycles. The summed E-state index contributed by atoms with van der Waals surface area (Å²) in [5.74, 6) is -1.06. The zero-order valence-corrected chi connectivity index (χ0v) is 10.4. The molecule has 0 aromatic heterocycles. The summed E-state index contributed by atoms with van der Waals surface area (Å²) < 4.78 is 0. The van der Waals surface area contributed by atoms with Crippen LogP contribution < -0.4 is 5.73 Å². The van der Waals surface area contributed by atoms with Crippen LogP contribution in [-0.2, 0) is 9.59 Å². The second-order valence-corrected chi connectivity index (χ2v) is 4.15. The Balaban J connectivity index is 2.50. The minimum absolute atomic E-state index is 0.0538. The number of nitrogens with zero attached hydrogens (tertiary/aromatic N) is 1. The normalized spacial score (nSPS) is 11.9. The fourth-order valence-electron chi connectivity index (χ4n) is 1.62. The molecule has 1 rings (SSSR count). The van der Waals surface area contributed by atoms with Gasteiger partial charge >= 0.3 is 5.97 Å². The van der Waals surface area contributed by atoms with E-state index in [2.05, 4.69) is 0 Å². The van der Waals surface area contributed by atoms with Gasteiger partial charge in [0.25, 0.3) is 0 Å². The third-order valence-corrected chi connectivity index (χ3v) is 2.69. The molecule has 98 valence electrons. The van der Waals surface area contributed by atoms with Crippen LogP contribution in [0.5, 0.6) is 0 Å². The van der Waals surface area contributed by atoms with E-state index in [1.54, 1.807) is 19.2 Å². The summed E-state index contributed by atoms with van der Waals surface area (Å²) in [5, 5.41) is 8.52. The van der Waals surface area contributed by atoms with Crippen molar-refractivity contribution in [2.45, 2.75) is 18.9 Å². The van der Waals surface area contributed by atoms with E-state index in [1.807, 2.05) is 18.2 Å². The molecule has 5 nitrogen and oxygen atoms in total. The van der Waals surface area contributed by atoms with Crippen LogP contribution >= 0.6 is 0 Å². The summed E-state index contributed by atoms with van der Waals surface area (Å²) in [6, 6.07) is 8.42. The maximum Gasteiger partial charge on any atom is 0.303 e. The van der Waals surface area contributed by atoms with Crippen molar-refractivity contribution in [1.82, 2.24) is 4.90 Å². The molecule has 0 bridgehead atoms. The average molecular weight is 250 g/mol. The molecular weight excluding hydrogens is 232 g/mol. The van der Waals surface area contributed by atoms with Gasteiger partial charge in [0, 0.05) is 20.0 Å². The van der Waals surface area contributed by atoms with Gasteiger partial charge < -0.3 is 15.7 Å². The number of benzene rings is 1. The van der Waals surface area contributed by atoms with E-state index in [0.29, 0.717) is 13.0 Å². The van der Waals surface area contributed by atoms with Gasteiger partial charge in [0.1, 0.15) is 6.04 Å². The predicted octanol–water partition coefficient (Wildman–Crippen LogP) is 1.01. The fourth-order valence-corrected chi connectivity index (χ4v) is 1.62. The number of carbonyl (C=O) groups is 2. The Morgan fingerprint density at radius 2 is 1.94 bits per heavy atom. The van der Waals surface area contributed by atoms with Crippen molar-refractivity contribution in [3.8, 4) is 0 Å². The minimum Gasteiger partial charge on any atom is -0.481 e. The molecule has 3 N–H and O–H groups in total. The fraction of sp³-hybridized carbons (Fsp3) is 0.385. The summed E-state index contributed by atoms with van der Waals surface area (Å²) in [7, 11) is 1.63. The van der Waals surface area contributed by atoms with Crippen molar-refractivity contribution in [3.05, 3.63) is 35.9 Å². The number of aliphatic carboxylic acids is 1. The van der Waals surface area contributed by atoms with Crippen molar-refractivity contribution in [2.75, 3.05) is 13.6 Å². The Morgan fingerprint density at radius 1 is 1.33 bits per heavy atom. The summed E-state index contributed by atoms with van der Waals surface area (Å²) in [5.41, 5.74) is 6.62. The number of carboxylic acids is 1. The highest BCUT2D eigenvalue weighted by atomic mass is 16.4. The lowest BCUT2D eigenvalue weighted by atomic mass is 10.1. The Labute approximate surface area is 106 Å². The molecule has 0 fully saturated rings. The molecule has 18 heavy (non-hydrogen) atoms. The third kappa shape index (κ3) is 4.18. The lowest BCUT2D eigenvalue weighted by Crippen LogP contribution is -2.36. The van der Waals surface area contributed by atoms with Crippen LogP contribution in [0.2, 0.25) is 0 Å². The first kappa shape index (κ1) is 14.2. The second kappa shape index (κ2) is 6.76. The van der Waals surface area contributed by atoms with Crippen LogP contribution in [0.4, 0.5) is 0 Å². The van der Waals surface area contributed by atoms with Gasteiger partial charge in [-0.2, -0.15) is 0 Å². The molecule has 0 saturated carbocycles. The van der Waals surface area contributed by atoms with Crippen LogP contribution in [-0.4, -0.2) is 35.5 Å². The highest BCUT2D eigenvalue weighted by Gasteiger charge is 2.19. The molecule has 0 spiro atoms. The summed E-state index contributed by atoms with van der Waals surface area (Å²) in [4.78, 5) is 23.8. The summed E-state index contributed by atoms with van der Waals surface area (Å²) in [6.07, 6.45) is 0.483. The van der Waals surface area contributed by atoms with E-state index in [1.165, 1.54) is 4.90 Å². The van der Waals surface area contributed by atoms with Crippen LogP contribution in [0, 0.1) is 0 Å². The molecular formula is C13H18N2O3. The number of amides is 1. The maximum atomic E-state index is 12.0. The van der Waals surface area contributed by atoms with Crippen molar-refractivity contribution < 1.29 is 14.7 Å². The number of nitrogens with two attached hydrogens (primary N) is 1. The van der Waals surface area contributed by atoms with Gasteiger partial charge in [0.2, 0.25) is 5.91 Å². The number of carboxylic acid groups (broad SMARTS) is 1. The summed E-state index contributed by atoms with van der Waals surface area (Å²) >= 11 is 0. The van der Waals surface area contributed by atoms with Crippen LogP contribution in [0.3, 0.4) is 0 Å². The minimum atomic E-state index is -0.858. The van der Waals surface area contributed by atoms with Crippen molar-refractivity contribution in [3.63, 3.8) is 0 Å². The second-order valence-electron chi connectivity index (χ2n) is 4.15. The number of likely N-dealkylation sites (N-methyl/N-ethyl adjacent to an activating group) is 1. The smallest absolute Gasteiger partial charge is 0.303 e. The van der Waals surface area contributed by atoms with Crippen LogP contribution in [0.1, 0.15) is 24.4 Å². The first-order valence-corrected chi connectivity index (χ1v) is 5.79. The van der Waals surface area contributed by atoms with E-state index in [4.69, 9.17) is 10.8 Å². The van der Waals surface area contributed by atoms with Gasteiger partial charge in [-0.25, -0.2) is 0 Å². The Kier molecular flexibility index (Phi) is 5.32. The van der Waals surface area contributed by atoms with Gasteiger partial charge in [-0.05, 0) is 12.0 Å². The molecule has 5 heteroatoms. The molecule has 0 unspecified atom stereocenters. The van der Waals surface area contributed by atoms with E-state index >= 15 is 0 Å². The van der Waals surface area contributed by atoms with Gasteiger partial charge in [0.15, 0.2) is 0 Å². The third-order valence-electron chi connectivity index (χ3n) is 2.69. The maximum absolute atomic E-state index is 12.0. The average Bonchev–Trinajstić information content (AvgIpc) is 2.37. The van der Waals surface area contributed by atoms with Crippen LogP contribution in [0.25, 0.3) is 0 Å². The highest BCUT2D eigenvalue weighted by Crippen LogP contribution is 2.12. The molecule has 1 aromatic rings. The molecule has 0 aliphatic rings. The molecule has 0 aliphatic carbocycles. The molecule has 1 amide bonds. The van der Waals surface area contributed by atoms with E-state index in [0.717, 1.165) is 5.56 Å². The zero-order chi connectivity index (χ0) is 13.5. The van der Waals surface area contributed by atoms with Crippen molar-refractivity contribution in [2.24, 2.45) is 5.73 Å². The number of hydrogen-bond donors (Lipinski definition) is 2. The monoisotopic (exact) mass is 250 g/mol. The quantitative estimate of drug-likeness (QED) is 0.789. The number of rotatable bonds is 6. The standard InChI is InChI=1S/C13H18N2O3/c1-15(9-5-8-11(16)17)13(18)12(14)10-6-3-2-4-7-10/h2-4,6-7,12H,5,8-9,14H2,1H3,(H,16,17)/t12-/m0/s1. The molecule has 0 saturated heterocycles. The molecule has 0 aliphatic heterocycles. The van der Waals surface area contributed by atoms with E-state index in [9.17, 15) is 9.59 Å². The Morgan fingerprint density at radius 3 is 2.50 bits per heavy atom. The van der Waals surface area contributed by atoms with E-state index in [-0.39, 0.29) is 12.3 Å². The molecule has 0 radical (unpaired) electrons. The molecule has 1 atom stereocenters. The van der Waals surface area contributed by atoms with Crippen LogP contribution in [0.15, 0.2) is 30.3 Å². The topological polar surface area (TPSA) is 83.6 Å². The van der Waals surface area contributed by atoms with Gasteiger partial charge in [-0.15, -0.1) is 0 Å². The number of carbonyl (C=O) groups excluding carboxylic acids is 1. The largest absolute Gasteiger partial charge is 0.481 e. The number of hydrogen-bond acceptors (Lipinski definition) is 3. The SMILES string of the molecule is CN(CCCC(=O)O)C(=O)[C@@H](N)c1ccccc1. The summed E-state index contributed by atoms with van der Waals surface area (Å²) in [6.45, 7) is 0.395. The first-order chi connectivity index (χ1) is 8.52. The van der Waals surface area contributed by atoms with Crippen molar-refractivity contribution >= 4 is 11.9 Å².